The number of furan rings is 1. The van der Waals surface area contributed by atoms with Gasteiger partial charge in [-0.25, -0.2) is 0 Å². The van der Waals surface area contributed by atoms with Crippen LogP contribution in [0.15, 0.2) is 70.1 Å². The molecule has 25 heavy (non-hydrogen) atoms. The predicted molar refractivity (Wildman–Crippen MR) is 90.4 cm³/mol. The van der Waals surface area contributed by atoms with Crippen LogP contribution in [0.3, 0.4) is 0 Å². The summed E-state index contributed by atoms with van der Waals surface area (Å²) in [6.07, 6.45) is 1.45. The van der Waals surface area contributed by atoms with E-state index in [0.717, 1.165) is 4.68 Å². The second-order valence-corrected chi connectivity index (χ2v) is 5.74. The summed E-state index contributed by atoms with van der Waals surface area (Å²) in [5, 5.41) is 17.1. The second kappa shape index (κ2) is 6.74. The van der Waals surface area contributed by atoms with Gasteiger partial charge in [-0.2, -0.15) is 9.78 Å². The van der Waals surface area contributed by atoms with Crippen LogP contribution in [0, 0.1) is 0 Å². The first-order valence-corrected chi connectivity index (χ1v) is 7.68. The van der Waals surface area contributed by atoms with Gasteiger partial charge in [0, 0.05) is 6.07 Å². The molecule has 0 fully saturated rings. The molecule has 3 aromatic rings. The van der Waals surface area contributed by atoms with E-state index in [1.165, 1.54) is 25.3 Å². The Kier molecular flexibility index (Phi) is 4.49. The number of carbonyl (C=O) groups excluding carboxylic acids is 1. The molecule has 0 aliphatic heterocycles. The molecule has 0 saturated heterocycles. The predicted octanol–water partition coefficient (Wildman–Crippen LogP) is 1.46. The van der Waals surface area contributed by atoms with Crippen LogP contribution < -0.4 is 10.9 Å². The smallest absolute Gasteiger partial charge is 0.271 e. The van der Waals surface area contributed by atoms with E-state index >= 15 is 0 Å². The van der Waals surface area contributed by atoms with Crippen molar-refractivity contribution in [2.75, 3.05) is 6.54 Å². The summed E-state index contributed by atoms with van der Waals surface area (Å²) in [6, 6.07) is 14.7. The fraction of sp³-hybridized carbons (Fsp3) is 0.167. The topological polar surface area (TPSA) is 97.4 Å². The van der Waals surface area contributed by atoms with Gasteiger partial charge in [-0.15, -0.1) is 0 Å². The van der Waals surface area contributed by atoms with Gasteiger partial charge in [-0.1, -0.05) is 18.2 Å². The highest BCUT2D eigenvalue weighted by Crippen LogP contribution is 2.19. The van der Waals surface area contributed by atoms with E-state index in [-0.39, 0.29) is 17.8 Å². The Morgan fingerprint density at radius 3 is 2.64 bits per heavy atom. The highest BCUT2D eigenvalue weighted by molar-refractivity contribution is 5.92. The lowest BCUT2D eigenvalue weighted by molar-refractivity contribution is 0.0329. The molecular weight excluding hydrogens is 322 g/mol. The third-order valence-corrected chi connectivity index (χ3v) is 3.68. The van der Waals surface area contributed by atoms with Crippen molar-refractivity contribution in [1.82, 2.24) is 15.1 Å². The molecule has 1 amide bonds. The number of rotatable bonds is 5. The second-order valence-electron chi connectivity index (χ2n) is 5.74. The van der Waals surface area contributed by atoms with E-state index in [1.807, 2.05) is 6.07 Å². The van der Waals surface area contributed by atoms with Gasteiger partial charge < -0.3 is 14.8 Å². The number of para-hydroxylation sites is 1. The number of nitrogens with zero attached hydrogens (tertiary/aromatic N) is 2. The summed E-state index contributed by atoms with van der Waals surface area (Å²) in [6.45, 7) is 1.47. The number of hydrogen-bond donors (Lipinski definition) is 2. The van der Waals surface area contributed by atoms with Crippen LogP contribution in [0.25, 0.3) is 5.69 Å². The van der Waals surface area contributed by atoms with E-state index in [9.17, 15) is 14.7 Å². The number of benzene rings is 1. The van der Waals surface area contributed by atoms with Crippen molar-refractivity contribution in [1.29, 1.82) is 0 Å². The van der Waals surface area contributed by atoms with Gasteiger partial charge in [-0.3, -0.25) is 9.59 Å². The minimum Gasteiger partial charge on any atom is -0.466 e. The van der Waals surface area contributed by atoms with E-state index in [0.29, 0.717) is 11.4 Å². The van der Waals surface area contributed by atoms with Crippen LogP contribution in [-0.2, 0) is 5.60 Å². The lowest BCUT2D eigenvalue weighted by atomic mass is 10.0. The summed E-state index contributed by atoms with van der Waals surface area (Å²) in [5.74, 6) is -0.161. The number of nitrogens with one attached hydrogen (secondary N) is 1. The van der Waals surface area contributed by atoms with Crippen LogP contribution in [0.2, 0.25) is 0 Å². The first-order valence-electron chi connectivity index (χ1n) is 7.68. The molecule has 0 saturated carbocycles. The highest BCUT2D eigenvalue weighted by Gasteiger charge is 2.27. The molecular formula is C18H17N3O4. The molecule has 0 radical (unpaired) electrons. The summed E-state index contributed by atoms with van der Waals surface area (Å²) in [4.78, 5) is 24.3. The maximum Gasteiger partial charge on any atom is 0.271 e. The highest BCUT2D eigenvalue weighted by atomic mass is 16.4. The normalized spacial score (nSPS) is 13.2. The van der Waals surface area contributed by atoms with E-state index in [4.69, 9.17) is 4.42 Å². The summed E-state index contributed by atoms with van der Waals surface area (Å²) in [5.41, 5.74) is -1.07. The fourth-order valence-corrected chi connectivity index (χ4v) is 2.30. The molecule has 0 spiro atoms. The lowest BCUT2D eigenvalue weighted by Crippen LogP contribution is -2.39. The van der Waals surface area contributed by atoms with Crippen molar-refractivity contribution in [3.05, 3.63) is 82.7 Å². The van der Waals surface area contributed by atoms with Crippen LogP contribution >= 0.6 is 0 Å². The Morgan fingerprint density at radius 2 is 1.96 bits per heavy atom. The Morgan fingerprint density at radius 1 is 1.20 bits per heavy atom. The van der Waals surface area contributed by atoms with Crippen molar-refractivity contribution in [3.8, 4) is 5.69 Å². The largest absolute Gasteiger partial charge is 0.466 e. The molecule has 0 bridgehead atoms. The number of hydrogen-bond acceptors (Lipinski definition) is 5. The first-order chi connectivity index (χ1) is 12.0. The van der Waals surface area contributed by atoms with Gasteiger partial charge in [0.1, 0.15) is 17.1 Å². The maximum absolute atomic E-state index is 12.3. The zero-order chi connectivity index (χ0) is 17.9. The molecule has 1 aromatic carbocycles. The number of aromatic nitrogens is 2. The van der Waals surface area contributed by atoms with Crippen LogP contribution in [-0.4, -0.2) is 27.3 Å². The monoisotopic (exact) mass is 339 g/mol. The molecule has 7 heteroatoms. The molecule has 3 rings (SSSR count). The number of aliphatic hydroxyl groups is 1. The fourth-order valence-electron chi connectivity index (χ4n) is 2.30. The quantitative estimate of drug-likeness (QED) is 0.733. The zero-order valence-corrected chi connectivity index (χ0v) is 13.5. The summed E-state index contributed by atoms with van der Waals surface area (Å²) in [7, 11) is 0. The molecule has 7 nitrogen and oxygen atoms in total. The van der Waals surface area contributed by atoms with Gasteiger partial charge in [0.2, 0.25) is 0 Å². The zero-order valence-electron chi connectivity index (χ0n) is 13.5. The lowest BCUT2D eigenvalue weighted by Gasteiger charge is -2.21. The van der Waals surface area contributed by atoms with Gasteiger partial charge in [0.25, 0.3) is 11.5 Å². The molecule has 2 N–H and O–H groups in total. The molecule has 128 valence electrons. The minimum absolute atomic E-state index is 0.0640. The SMILES string of the molecule is CC(O)(CNC(=O)c1ccc(=O)n(-c2ccccc2)n1)c1ccco1. The van der Waals surface area contributed by atoms with Crippen molar-refractivity contribution in [3.63, 3.8) is 0 Å². The Balaban J connectivity index is 1.78. The molecule has 2 heterocycles. The van der Waals surface area contributed by atoms with Crippen LogP contribution in [0.4, 0.5) is 0 Å². The molecule has 1 atom stereocenters. The number of amides is 1. The Labute approximate surface area is 143 Å². The molecule has 0 aliphatic rings. The van der Waals surface area contributed by atoms with Crippen LogP contribution in [0.1, 0.15) is 23.2 Å². The van der Waals surface area contributed by atoms with Crippen molar-refractivity contribution in [2.45, 2.75) is 12.5 Å². The van der Waals surface area contributed by atoms with E-state index in [1.54, 1.807) is 36.4 Å². The van der Waals surface area contributed by atoms with Crippen LogP contribution in [0.5, 0.6) is 0 Å². The third kappa shape index (κ3) is 3.67. The van der Waals surface area contributed by atoms with Gasteiger partial charge in [0.05, 0.1) is 18.5 Å². The van der Waals surface area contributed by atoms with E-state index < -0.39 is 11.5 Å². The van der Waals surface area contributed by atoms with Gasteiger partial charge in [0.15, 0.2) is 0 Å². The van der Waals surface area contributed by atoms with Gasteiger partial charge in [-0.05, 0) is 37.3 Å². The maximum atomic E-state index is 12.3. The van der Waals surface area contributed by atoms with Gasteiger partial charge >= 0.3 is 0 Å². The average Bonchev–Trinajstić information content (AvgIpc) is 3.16. The van der Waals surface area contributed by atoms with Crippen molar-refractivity contribution < 1.29 is 14.3 Å². The molecule has 1 unspecified atom stereocenters. The molecule has 0 aliphatic carbocycles. The van der Waals surface area contributed by atoms with E-state index in [2.05, 4.69) is 10.4 Å². The number of carbonyl (C=O) groups is 1. The standard InChI is InChI=1S/C18H17N3O4/c1-18(24,15-8-5-11-25-15)12-19-17(23)14-9-10-16(22)21(20-14)13-6-3-2-4-7-13/h2-11,24H,12H2,1H3,(H,19,23). The van der Waals surface area contributed by atoms with Crippen molar-refractivity contribution in [2.24, 2.45) is 0 Å². The van der Waals surface area contributed by atoms with Crippen molar-refractivity contribution >= 4 is 5.91 Å². The first kappa shape index (κ1) is 16.7. The Bertz CT molecular complexity index is 915. The average molecular weight is 339 g/mol. The summed E-state index contributed by atoms with van der Waals surface area (Å²) < 4.78 is 6.32. The molecule has 2 aromatic heterocycles. The Hall–Kier alpha value is -3.19. The third-order valence-electron chi connectivity index (χ3n) is 3.68. The summed E-state index contributed by atoms with van der Waals surface area (Å²) >= 11 is 0. The minimum atomic E-state index is -1.35.